The first-order valence-electron chi connectivity index (χ1n) is 6.77. The number of aromatic nitrogens is 2. The molecule has 100 valence electrons. The highest BCUT2D eigenvalue weighted by Crippen LogP contribution is 2.32. The molecule has 0 bridgehead atoms. The third-order valence-electron chi connectivity index (χ3n) is 3.89. The standard InChI is InChI=1S/C15H18ClN3/c1-11-14(7-4-8-18-11)19-10-17-9-15(19)12-5-2-3-6-13(12)16/h2-3,5-6,9-11,14,18H,4,7-8H2,1H3. The zero-order valence-electron chi connectivity index (χ0n) is 11.0. The number of halogens is 1. The van der Waals surface area contributed by atoms with E-state index in [1.54, 1.807) is 0 Å². The van der Waals surface area contributed by atoms with Gasteiger partial charge in [0.25, 0.3) is 0 Å². The van der Waals surface area contributed by atoms with Crippen molar-refractivity contribution in [3.63, 3.8) is 0 Å². The van der Waals surface area contributed by atoms with Gasteiger partial charge in [-0.1, -0.05) is 29.8 Å². The van der Waals surface area contributed by atoms with Crippen molar-refractivity contribution in [1.82, 2.24) is 14.9 Å². The molecule has 0 radical (unpaired) electrons. The minimum absolute atomic E-state index is 0.447. The van der Waals surface area contributed by atoms with Crippen molar-refractivity contribution >= 4 is 11.6 Å². The van der Waals surface area contributed by atoms with E-state index in [1.807, 2.05) is 30.7 Å². The van der Waals surface area contributed by atoms with Crippen molar-refractivity contribution in [2.24, 2.45) is 0 Å². The zero-order valence-corrected chi connectivity index (χ0v) is 11.8. The summed E-state index contributed by atoms with van der Waals surface area (Å²) in [6.45, 7) is 3.34. The van der Waals surface area contributed by atoms with Gasteiger partial charge in [0.15, 0.2) is 0 Å². The number of nitrogens with zero attached hydrogens (tertiary/aromatic N) is 2. The molecule has 1 aromatic carbocycles. The fourth-order valence-corrected chi connectivity index (χ4v) is 3.09. The summed E-state index contributed by atoms with van der Waals surface area (Å²) < 4.78 is 2.26. The molecule has 2 heterocycles. The van der Waals surface area contributed by atoms with E-state index in [4.69, 9.17) is 11.6 Å². The SMILES string of the molecule is CC1NCCCC1n1cncc1-c1ccccc1Cl. The summed E-state index contributed by atoms with van der Waals surface area (Å²) in [5.74, 6) is 0. The normalized spacial score (nSPS) is 23.5. The van der Waals surface area contributed by atoms with Gasteiger partial charge in [-0.05, 0) is 32.4 Å². The first kappa shape index (κ1) is 12.7. The van der Waals surface area contributed by atoms with Crippen LogP contribution in [0.25, 0.3) is 11.3 Å². The lowest BCUT2D eigenvalue weighted by atomic mass is 9.99. The summed E-state index contributed by atoms with van der Waals surface area (Å²) in [4.78, 5) is 4.33. The van der Waals surface area contributed by atoms with E-state index in [2.05, 4.69) is 27.9 Å². The Morgan fingerprint density at radius 3 is 3.00 bits per heavy atom. The molecule has 0 amide bonds. The molecular weight excluding hydrogens is 258 g/mol. The van der Waals surface area contributed by atoms with Gasteiger partial charge in [-0.15, -0.1) is 0 Å². The first-order valence-corrected chi connectivity index (χ1v) is 7.15. The Morgan fingerprint density at radius 1 is 1.37 bits per heavy atom. The lowest BCUT2D eigenvalue weighted by Gasteiger charge is -2.32. The van der Waals surface area contributed by atoms with Gasteiger partial charge in [0.05, 0.1) is 24.3 Å². The van der Waals surface area contributed by atoms with E-state index in [1.165, 1.54) is 12.8 Å². The summed E-state index contributed by atoms with van der Waals surface area (Å²) in [7, 11) is 0. The van der Waals surface area contributed by atoms with Crippen molar-refractivity contribution < 1.29 is 0 Å². The molecule has 3 rings (SSSR count). The van der Waals surface area contributed by atoms with Crippen molar-refractivity contribution in [1.29, 1.82) is 0 Å². The van der Waals surface area contributed by atoms with Crippen molar-refractivity contribution in [3.05, 3.63) is 41.8 Å². The van der Waals surface area contributed by atoms with Crippen LogP contribution in [0.2, 0.25) is 5.02 Å². The second-order valence-electron chi connectivity index (χ2n) is 5.12. The first-order chi connectivity index (χ1) is 9.27. The maximum atomic E-state index is 6.31. The smallest absolute Gasteiger partial charge is 0.0954 e. The molecule has 4 heteroatoms. The van der Waals surface area contributed by atoms with Gasteiger partial charge < -0.3 is 9.88 Å². The third-order valence-corrected chi connectivity index (χ3v) is 4.22. The Labute approximate surface area is 118 Å². The van der Waals surface area contributed by atoms with Crippen LogP contribution in [0.5, 0.6) is 0 Å². The molecule has 1 aromatic heterocycles. The molecule has 2 atom stereocenters. The summed E-state index contributed by atoms with van der Waals surface area (Å²) >= 11 is 6.31. The number of hydrogen-bond donors (Lipinski definition) is 1. The molecular formula is C15H18ClN3. The summed E-state index contributed by atoms with van der Waals surface area (Å²) in [5.41, 5.74) is 2.16. The van der Waals surface area contributed by atoms with Crippen LogP contribution in [0, 0.1) is 0 Å². The van der Waals surface area contributed by atoms with Gasteiger partial charge in [0.2, 0.25) is 0 Å². The number of rotatable bonds is 2. The molecule has 1 aliphatic heterocycles. The van der Waals surface area contributed by atoms with Gasteiger partial charge in [-0.25, -0.2) is 4.98 Å². The highest BCUT2D eigenvalue weighted by atomic mass is 35.5. The number of piperidine rings is 1. The minimum Gasteiger partial charge on any atom is -0.326 e. The average molecular weight is 276 g/mol. The molecule has 3 nitrogen and oxygen atoms in total. The van der Waals surface area contributed by atoms with Crippen molar-refractivity contribution in [2.75, 3.05) is 6.54 Å². The highest BCUT2D eigenvalue weighted by Gasteiger charge is 2.24. The molecule has 2 unspecified atom stereocenters. The fourth-order valence-electron chi connectivity index (χ4n) is 2.85. The molecule has 19 heavy (non-hydrogen) atoms. The van der Waals surface area contributed by atoms with E-state index in [0.29, 0.717) is 12.1 Å². The zero-order chi connectivity index (χ0) is 13.2. The Kier molecular flexibility index (Phi) is 3.58. The summed E-state index contributed by atoms with van der Waals surface area (Å²) in [6.07, 6.45) is 6.21. The third kappa shape index (κ3) is 2.40. The van der Waals surface area contributed by atoms with Gasteiger partial charge in [-0.3, -0.25) is 0 Å². The molecule has 1 aliphatic rings. The van der Waals surface area contributed by atoms with Crippen LogP contribution in [0.3, 0.4) is 0 Å². The Hall–Kier alpha value is -1.32. The molecule has 0 saturated carbocycles. The van der Waals surface area contributed by atoms with Gasteiger partial charge in [0, 0.05) is 16.6 Å². The predicted octanol–water partition coefficient (Wildman–Crippen LogP) is 3.52. The summed E-state index contributed by atoms with van der Waals surface area (Å²) in [5, 5.41) is 4.31. The van der Waals surface area contributed by atoms with Crippen molar-refractivity contribution in [3.8, 4) is 11.3 Å². The van der Waals surface area contributed by atoms with Gasteiger partial charge in [-0.2, -0.15) is 0 Å². The lowest BCUT2D eigenvalue weighted by Crippen LogP contribution is -2.40. The van der Waals surface area contributed by atoms with E-state index < -0.39 is 0 Å². The molecule has 2 aromatic rings. The molecule has 1 saturated heterocycles. The van der Waals surface area contributed by atoms with E-state index in [-0.39, 0.29) is 0 Å². The largest absolute Gasteiger partial charge is 0.326 e. The van der Waals surface area contributed by atoms with Crippen LogP contribution in [-0.4, -0.2) is 22.1 Å². The maximum Gasteiger partial charge on any atom is 0.0954 e. The molecule has 1 fully saturated rings. The molecule has 0 spiro atoms. The topological polar surface area (TPSA) is 29.9 Å². The van der Waals surface area contributed by atoms with E-state index >= 15 is 0 Å². The van der Waals surface area contributed by atoms with E-state index in [0.717, 1.165) is 22.8 Å². The average Bonchev–Trinajstić information content (AvgIpc) is 2.89. The highest BCUT2D eigenvalue weighted by molar-refractivity contribution is 6.33. The van der Waals surface area contributed by atoms with Crippen LogP contribution < -0.4 is 5.32 Å². The Bertz CT molecular complexity index is 564. The van der Waals surface area contributed by atoms with Crippen LogP contribution in [0.4, 0.5) is 0 Å². The number of benzene rings is 1. The molecule has 1 N–H and O–H groups in total. The quantitative estimate of drug-likeness (QED) is 0.909. The monoisotopic (exact) mass is 275 g/mol. The number of imidazole rings is 1. The Morgan fingerprint density at radius 2 is 2.21 bits per heavy atom. The van der Waals surface area contributed by atoms with Gasteiger partial charge in [0.1, 0.15) is 0 Å². The van der Waals surface area contributed by atoms with Gasteiger partial charge >= 0.3 is 0 Å². The van der Waals surface area contributed by atoms with Crippen LogP contribution in [0.1, 0.15) is 25.8 Å². The second kappa shape index (κ2) is 5.35. The van der Waals surface area contributed by atoms with Crippen LogP contribution in [0.15, 0.2) is 36.8 Å². The van der Waals surface area contributed by atoms with E-state index in [9.17, 15) is 0 Å². The summed E-state index contributed by atoms with van der Waals surface area (Å²) in [6, 6.07) is 8.86. The van der Waals surface area contributed by atoms with Crippen LogP contribution in [-0.2, 0) is 0 Å². The number of nitrogens with one attached hydrogen (secondary N) is 1. The maximum absolute atomic E-state index is 6.31. The lowest BCUT2D eigenvalue weighted by molar-refractivity contribution is 0.297. The van der Waals surface area contributed by atoms with Crippen molar-refractivity contribution in [2.45, 2.75) is 31.8 Å². The molecule has 0 aliphatic carbocycles. The predicted molar refractivity (Wildman–Crippen MR) is 78.4 cm³/mol. The number of hydrogen-bond acceptors (Lipinski definition) is 2. The Balaban J connectivity index is 2.01. The van der Waals surface area contributed by atoms with Crippen LogP contribution >= 0.6 is 11.6 Å². The minimum atomic E-state index is 0.447. The fraction of sp³-hybridized carbons (Fsp3) is 0.400. The second-order valence-corrected chi connectivity index (χ2v) is 5.53.